The number of nitrogens with zero attached hydrogens (tertiary/aromatic N) is 2. The minimum absolute atomic E-state index is 0.0982. The highest BCUT2D eigenvalue weighted by Gasteiger charge is 2.51. The molecule has 1 aromatic rings. The summed E-state index contributed by atoms with van der Waals surface area (Å²) >= 11 is 0. The molecular weight excluding hydrogens is 383 g/mol. The van der Waals surface area contributed by atoms with E-state index in [-0.39, 0.29) is 30.8 Å². The third-order valence-corrected chi connectivity index (χ3v) is 5.92. The number of carboxylic acid groups (broad SMARTS) is 1. The fraction of sp³-hybridized carbons (Fsp3) is 0.706. The molecule has 2 fully saturated rings. The average molecular weight is 410 g/mol. The lowest BCUT2D eigenvalue weighted by Gasteiger charge is -2.41. The first kappa shape index (κ1) is 21.7. The van der Waals surface area contributed by atoms with Gasteiger partial charge in [0.1, 0.15) is 16.9 Å². The van der Waals surface area contributed by atoms with Gasteiger partial charge in [0.25, 0.3) is 10.9 Å². The summed E-state index contributed by atoms with van der Waals surface area (Å²) in [5.41, 5.74) is 9.21. The summed E-state index contributed by atoms with van der Waals surface area (Å²) in [6.07, 6.45) is 0.818. The number of carboxylic acids is 1. The van der Waals surface area contributed by atoms with Crippen LogP contribution < -0.4 is 32.1 Å². The van der Waals surface area contributed by atoms with Crippen LogP contribution in [0.5, 0.6) is 0 Å². The number of rotatable bonds is 9. The quantitative estimate of drug-likeness (QED) is 0.206. The largest absolute Gasteiger partial charge is 0.480 e. The van der Waals surface area contributed by atoms with Crippen LogP contribution in [0.15, 0.2) is 9.59 Å². The van der Waals surface area contributed by atoms with Crippen molar-refractivity contribution in [1.29, 1.82) is 0 Å². The van der Waals surface area contributed by atoms with Crippen molar-refractivity contribution in [2.75, 3.05) is 49.7 Å². The van der Waals surface area contributed by atoms with E-state index in [1.54, 1.807) is 16.8 Å². The molecule has 0 bridgehead atoms. The highest BCUT2D eigenvalue weighted by molar-refractivity contribution is 6.40. The fourth-order valence-corrected chi connectivity index (χ4v) is 4.27. The first-order chi connectivity index (χ1) is 13.5. The van der Waals surface area contributed by atoms with Crippen LogP contribution in [0, 0.1) is 5.92 Å². The Balaban J connectivity index is 1.80. The molecule has 2 aliphatic heterocycles. The van der Waals surface area contributed by atoms with Crippen LogP contribution in [0.4, 0.5) is 11.4 Å². The third kappa shape index (κ3) is 3.90. The Morgan fingerprint density at radius 3 is 2.48 bits per heavy atom. The summed E-state index contributed by atoms with van der Waals surface area (Å²) in [6, 6.07) is 0. The molecule has 160 valence electrons. The molecule has 7 N–H and O–H groups in total. The molecule has 0 amide bonds. The van der Waals surface area contributed by atoms with Gasteiger partial charge in [-0.2, -0.15) is 0 Å². The topological polar surface area (TPSA) is 180 Å². The summed E-state index contributed by atoms with van der Waals surface area (Å²) in [7, 11) is 0.188. The van der Waals surface area contributed by atoms with Crippen LogP contribution in [-0.4, -0.2) is 79.2 Å². The number of hydrogen-bond acceptors (Lipinski definition) is 10. The van der Waals surface area contributed by atoms with E-state index < -0.39 is 40.9 Å². The van der Waals surface area contributed by atoms with Crippen molar-refractivity contribution >= 4 is 24.5 Å². The van der Waals surface area contributed by atoms with Gasteiger partial charge in [0, 0.05) is 32.6 Å². The van der Waals surface area contributed by atoms with Gasteiger partial charge in [-0.15, -0.1) is 0 Å². The van der Waals surface area contributed by atoms with Crippen LogP contribution in [0.25, 0.3) is 0 Å². The van der Waals surface area contributed by atoms with Crippen LogP contribution in [0.1, 0.15) is 12.8 Å². The van der Waals surface area contributed by atoms with Crippen molar-refractivity contribution in [3.63, 3.8) is 0 Å². The summed E-state index contributed by atoms with van der Waals surface area (Å²) in [5.74, 6) is -1.71. The van der Waals surface area contributed by atoms with E-state index in [9.17, 15) is 19.5 Å². The van der Waals surface area contributed by atoms with Gasteiger partial charge in [0.05, 0.1) is 18.8 Å². The van der Waals surface area contributed by atoms with Crippen LogP contribution in [0.2, 0.25) is 6.32 Å². The van der Waals surface area contributed by atoms with E-state index >= 15 is 0 Å². The molecule has 3 rings (SSSR count). The Kier molecular flexibility index (Phi) is 5.76. The molecule has 1 aromatic carbocycles. The van der Waals surface area contributed by atoms with Crippen LogP contribution in [0.3, 0.4) is 0 Å². The maximum atomic E-state index is 12.3. The Labute approximate surface area is 167 Å². The lowest BCUT2D eigenvalue weighted by molar-refractivity contribution is -0.144. The smallest absolute Gasteiger partial charge is 0.451 e. The van der Waals surface area contributed by atoms with E-state index in [4.69, 9.17) is 26.3 Å². The van der Waals surface area contributed by atoms with Crippen LogP contribution >= 0.6 is 0 Å². The Morgan fingerprint density at radius 2 is 1.97 bits per heavy atom. The van der Waals surface area contributed by atoms with Gasteiger partial charge in [-0.3, -0.25) is 14.4 Å². The minimum atomic E-state index is -1.60. The molecule has 0 spiro atoms. The van der Waals surface area contributed by atoms with Gasteiger partial charge in [-0.1, -0.05) is 6.42 Å². The first-order valence-corrected chi connectivity index (χ1v) is 9.53. The second-order valence-corrected chi connectivity index (χ2v) is 8.40. The summed E-state index contributed by atoms with van der Waals surface area (Å²) in [4.78, 5) is 39.6. The van der Waals surface area contributed by atoms with Crippen molar-refractivity contribution in [3.05, 3.63) is 20.4 Å². The second-order valence-electron chi connectivity index (χ2n) is 8.40. The molecular formula is C17H27BN4O7. The highest BCUT2D eigenvalue weighted by atomic mass is 16.5. The van der Waals surface area contributed by atoms with E-state index in [1.807, 2.05) is 0 Å². The summed E-state index contributed by atoms with van der Waals surface area (Å²) in [5, 5.41) is 27.7. The number of likely N-dealkylation sites (N-methyl/N-ethyl adjacent to an activating group) is 1. The van der Waals surface area contributed by atoms with Gasteiger partial charge < -0.3 is 41.2 Å². The zero-order chi connectivity index (χ0) is 21.6. The molecule has 0 unspecified atom stereocenters. The van der Waals surface area contributed by atoms with Crippen molar-refractivity contribution in [2.24, 2.45) is 17.4 Å². The van der Waals surface area contributed by atoms with E-state index in [0.717, 1.165) is 0 Å². The van der Waals surface area contributed by atoms with Crippen molar-refractivity contribution < 1.29 is 24.7 Å². The molecule has 0 aliphatic carbocycles. The predicted octanol–water partition coefficient (Wildman–Crippen LogP) is -3.08. The number of aliphatic carboxylic acids is 1. The fourth-order valence-electron chi connectivity index (χ4n) is 4.27. The van der Waals surface area contributed by atoms with Crippen molar-refractivity contribution in [1.82, 2.24) is 0 Å². The van der Waals surface area contributed by atoms with E-state index in [0.29, 0.717) is 32.6 Å². The van der Waals surface area contributed by atoms with Gasteiger partial charge in [0.2, 0.25) is 0 Å². The standard InChI is InChI=1S/C17H27BN4O7/c1-21(6-16(19)8-29-9-16)11-12(14(24)13(11)23)22-5-10(3-2-4-18(27)28)17(20,7-22)15(25)26/h10,27-28H,2-9,19-20H2,1H3,(H,25,26)/t10-,17-/m0/s1. The van der Waals surface area contributed by atoms with Crippen molar-refractivity contribution in [3.8, 4) is 0 Å². The van der Waals surface area contributed by atoms with Gasteiger partial charge in [0.15, 0.2) is 0 Å². The van der Waals surface area contributed by atoms with Crippen molar-refractivity contribution in [2.45, 2.75) is 30.2 Å². The molecule has 2 aliphatic rings. The minimum Gasteiger partial charge on any atom is -0.480 e. The maximum absolute atomic E-state index is 12.3. The highest BCUT2D eigenvalue weighted by Crippen LogP contribution is 2.36. The molecule has 0 saturated carbocycles. The van der Waals surface area contributed by atoms with Gasteiger partial charge >= 0.3 is 13.1 Å². The Hall–Kier alpha value is -1.99. The number of nitrogens with two attached hydrogens (primary N) is 2. The molecule has 2 heterocycles. The number of carbonyl (C=O) groups is 1. The molecule has 12 heteroatoms. The first-order valence-electron chi connectivity index (χ1n) is 9.53. The Bertz CT molecular complexity index is 851. The van der Waals surface area contributed by atoms with Gasteiger partial charge in [-0.25, -0.2) is 0 Å². The zero-order valence-electron chi connectivity index (χ0n) is 16.3. The molecule has 0 aromatic heterocycles. The number of hydrogen-bond donors (Lipinski definition) is 5. The molecule has 0 radical (unpaired) electrons. The van der Waals surface area contributed by atoms with Crippen LogP contribution in [-0.2, 0) is 9.53 Å². The monoisotopic (exact) mass is 410 g/mol. The normalized spacial score (nSPS) is 25.8. The average Bonchev–Trinajstić information content (AvgIpc) is 2.94. The molecule has 11 nitrogen and oxygen atoms in total. The summed E-state index contributed by atoms with van der Waals surface area (Å²) < 4.78 is 5.12. The maximum Gasteiger partial charge on any atom is 0.451 e. The predicted molar refractivity (Wildman–Crippen MR) is 107 cm³/mol. The van der Waals surface area contributed by atoms with E-state index in [2.05, 4.69) is 0 Å². The SMILES string of the molecule is CN(CC1(N)COC1)c1c(N2C[C@H](CCCB(O)O)[C@](N)(C(=O)O)C2)c(=O)c1=O. The number of ether oxygens (including phenoxy) is 1. The molecule has 29 heavy (non-hydrogen) atoms. The van der Waals surface area contributed by atoms with E-state index in [1.165, 1.54) is 0 Å². The van der Waals surface area contributed by atoms with Gasteiger partial charge in [-0.05, 0) is 12.7 Å². The second kappa shape index (κ2) is 7.69. The molecule has 2 atom stereocenters. The summed E-state index contributed by atoms with van der Waals surface area (Å²) in [6.45, 7) is 1.11. The lowest BCUT2D eigenvalue weighted by Crippen LogP contribution is -2.64. The lowest BCUT2D eigenvalue weighted by atomic mass is 9.78. The third-order valence-electron chi connectivity index (χ3n) is 5.92. The zero-order valence-corrected chi connectivity index (χ0v) is 16.3. The Morgan fingerprint density at radius 1 is 1.31 bits per heavy atom. The molecule has 2 saturated heterocycles. The number of anilines is 2.